The van der Waals surface area contributed by atoms with E-state index in [9.17, 15) is 9.59 Å². The molecule has 0 spiro atoms. The van der Waals surface area contributed by atoms with E-state index in [2.05, 4.69) is 17.2 Å². The normalized spacial score (nSPS) is 10.8. The minimum Gasteiger partial charge on any atom is -0.465 e. The number of hydrogen-bond donors (Lipinski definition) is 1. The zero-order valence-electron chi connectivity index (χ0n) is 18.1. The summed E-state index contributed by atoms with van der Waals surface area (Å²) < 4.78 is 4.92. The molecule has 0 aliphatic heterocycles. The maximum Gasteiger partial charge on any atom is 0.340 e. The number of hydrogen-bond acceptors (Lipinski definition) is 6. The number of fused-ring (bicyclic) bond motifs is 1. The summed E-state index contributed by atoms with van der Waals surface area (Å²) in [6, 6.07) is 13.1. The van der Waals surface area contributed by atoms with Crippen molar-refractivity contribution in [2.24, 2.45) is 0 Å². The van der Waals surface area contributed by atoms with Crippen molar-refractivity contribution >= 4 is 39.1 Å². The van der Waals surface area contributed by atoms with E-state index in [4.69, 9.17) is 9.72 Å². The fourth-order valence-corrected chi connectivity index (χ4v) is 4.72. The Balaban J connectivity index is 1.81. The first kappa shape index (κ1) is 21.6. The third-order valence-corrected chi connectivity index (χ3v) is 6.27. The molecular formula is C25H23N3O3S. The van der Waals surface area contributed by atoms with Crippen molar-refractivity contribution in [1.82, 2.24) is 9.97 Å². The smallest absolute Gasteiger partial charge is 0.340 e. The molecule has 7 heteroatoms. The van der Waals surface area contributed by atoms with E-state index in [1.165, 1.54) is 18.4 Å². The van der Waals surface area contributed by atoms with E-state index in [1.54, 1.807) is 24.5 Å². The highest BCUT2D eigenvalue weighted by Gasteiger charge is 2.21. The summed E-state index contributed by atoms with van der Waals surface area (Å²) in [7, 11) is 1.34. The van der Waals surface area contributed by atoms with Gasteiger partial charge in [-0.3, -0.25) is 9.78 Å². The fraction of sp³-hybridized carbons (Fsp3) is 0.200. The molecule has 0 saturated heterocycles. The van der Waals surface area contributed by atoms with Crippen LogP contribution in [0.25, 0.3) is 22.2 Å². The number of amides is 1. The average Bonchev–Trinajstić information content (AvgIpc) is 3.21. The Bertz CT molecular complexity index is 1300. The summed E-state index contributed by atoms with van der Waals surface area (Å²) in [6.45, 7) is 4.04. The molecular weight excluding hydrogens is 422 g/mol. The maximum atomic E-state index is 13.5. The molecule has 0 fully saturated rings. The molecule has 4 aromatic rings. The lowest BCUT2D eigenvalue weighted by atomic mass is 10.0. The summed E-state index contributed by atoms with van der Waals surface area (Å²) in [5.41, 5.74) is 4.07. The number of carbonyl (C=O) groups excluding carboxylic acids is 2. The van der Waals surface area contributed by atoms with E-state index in [-0.39, 0.29) is 5.91 Å². The third-order valence-electron chi connectivity index (χ3n) is 5.16. The Kier molecular flexibility index (Phi) is 6.28. The lowest BCUT2D eigenvalue weighted by Gasteiger charge is -2.12. The van der Waals surface area contributed by atoms with Crippen LogP contribution in [0.4, 0.5) is 5.00 Å². The highest BCUT2D eigenvalue weighted by atomic mass is 32.1. The Morgan fingerprint density at radius 2 is 1.97 bits per heavy atom. The van der Waals surface area contributed by atoms with E-state index in [0.29, 0.717) is 21.8 Å². The van der Waals surface area contributed by atoms with E-state index >= 15 is 0 Å². The van der Waals surface area contributed by atoms with Gasteiger partial charge < -0.3 is 10.1 Å². The van der Waals surface area contributed by atoms with Crippen molar-refractivity contribution in [2.45, 2.75) is 26.7 Å². The molecule has 1 aromatic carbocycles. The standard InChI is InChI=1S/C25H23N3O3S/c1-4-7-17-12-20(25(30)31-3)24(32-17)28-23(29)19-13-21(16-9-6-11-26-14-16)27-22-15(2)8-5-10-18(19)22/h5-6,8-14H,4,7H2,1-3H3,(H,28,29). The first-order chi connectivity index (χ1) is 15.5. The van der Waals surface area contributed by atoms with Gasteiger partial charge in [0.1, 0.15) is 5.00 Å². The summed E-state index contributed by atoms with van der Waals surface area (Å²) in [5, 5.41) is 4.19. The predicted octanol–water partition coefficient (Wildman–Crippen LogP) is 5.66. The van der Waals surface area contributed by atoms with Gasteiger partial charge in [0.15, 0.2) is 0 Å². The molecule has 3 aromatic heterocycles. The molecule has 1 amide bonds. The largest absolute Gasteiger partial charge is 0.465 e. The van der Waals surface area contributed by atoms with Crippen molar-refractivity contribution in [3.8, 4) is 11.3 Å². The zero-order valence-corrected chi connectivity index (χ0v) is 19.0. The van der Waals surface area contributed by atoms with Crippen LogP contribution in [0.1, 0.15) is 44.5 Å². The van der Waals surface area contributed by atoms with Crippen LogP contribution in [-0.4, -0.2) is 29.0 Å². The highest BCUT2D eigenvalue weighted by Crippen LogP contribution is 2.32. The lowest BCUT2D eigenvalue weighted by Crippen LogP contribution is -2.15. The molecule has 0 atom stereocenters. The number of esters is 1. The van der Waals surface area contributed by atoms with Crippen LogP contribution in [0.5, 0.6) is 0 Å². The number of para-hydroxylation sites is 1. The Hall–Kier alpha value is -3.58. The summed E-state index contributed by atoms with van der Waals surface area (Å²) in [4.78, 5) is 35.7. The molecule has 0 radical (unpaired) electrons. The number of rotatable bonds is 6. The van der Waals surface area contributed by atoms with Crippen LogP contribution in [0, 0.1) is 6.92 Å². The van der Waals surface area contributed by atoms with Gasteiger partial charge in [-0.2, -0.15) is 0 Å². The fourth-order valence-electron chi connectivity index (χ4n) is 3.58. The second-order valence-electron chi connectivity index (χ2n) is 7.42. The van der Waals surface area contributed by atoms with E-state index < -0.39 is 5.97 Å². The number of nitrogens with one attached hydrogen (secondary N) is 1. The maximum absolute atomic E-state index is 13.5. The molecule has 1 N–H and O–H groups in total. The second kappa shape index (κ2) is 9.28. The predicted molar refractivity (Wildman–Crippen MR) is 127 cm³/mol. The van der Waals surface area contributed by atoms with E-state index in [1.807, 2.05) is 37.3 Å². The number of thiophene rings is 1. The molecule has 0 bridgehead atoms. The van der Waals surface area contributed by atoms with Crippen LogP contribution in [-0.2, 0) is 11.2 Å². The Morgan fingerprint density at radius 1 is 1.12 bits per heavy atom. The van der Waals surface area contributed by atoms with Crippen molar-refractivity contribution in [2.75, 3.05) is 12.4 Å². The summed E-state index contributed by atoms with van der Waals surface area (Å²) >= 11 is 1.40. The first-order valence-electron chi connectivity index (χ1n) is 10.3. The highest BCUT2D eigenvalue weighted by molar-refractivity contribution is 7.16. The Labute approximate surface area is 190 Å². The van der Waals surface area contributed by atoms with Crippen LogP contribution in [0.2, 0.25) is 0 Å². The number of aryl methyl sites for hydroxylation is 2. The molecule has 0 unspecified atom stereocenters. The van der Waals surface area contributed by atoms with Gasteiger partial charge >= 0.3 is 5.97 Å². The van der Waals surface area contributed by atoms with Gasteiger partial charge in [0.05, 0.1) is 29.4 Å². The number of pyridine rings is 2. The lowest BCUT2D eigenvalue weighted by molar-refractivity contribution is 0.0602. The first-order valence-corrected chi connectivity index (χ1v) is 11.2. The molecule has 0 aliphatic rings. The van der Waals surface area contributed by atoms with Crippen molar-refractivity contribution in [3.63, 3.8) is 0 Å². The second-order valence-corrected chi connectivity index (χ2v) is 8.56. The molecule has 6 nitrogen and oxygen atoms in total. The number of methoxy groups -OCH3 is 1. The van der Waals surface area contributed by atoms with Gasteiger partial charge in [0.25, 0.3) is 5.91 Å². The third kappa shape index (κ3) is 4.24. The van der Waals surface area contributed by atoms with Gasteiger partial charge in [-0.25, -0.2) is 9.78 Å². The van der Waals surface area contributed by atoms with Gasteiger partial charge in [0.2, 0.25) is 0 Å². The van der Waals surface area contributed by atoms with Crippen LogP contribution >= 0.6 is 11.3 Å². The number of benzene rings is 1. The monoisotopic (exact) mass is 445 g/mol. The van der Waals surface area contributed by atoms with E-state index in [0.717, 1.165) is 39.7 Å². The van der Waals surface area contributed by atoms with Crippen LogP contribution in [0.3, 0.4) is 0 Å². The van der Waals surface area contributed by atoms with Gasteiger partial charge in [-0.1, -0.05) is 31.5 Å². The minimum absolute atomic E-state index is 0.303. The van der Waals surface area contributed by atoms with Crippen molar-refractivity contribution in [3.05, 3.63) is 76.4 Å². The summed E-state index contributed by atoms with van der Waals surface area (Å²) in [6.07, 6.45) is 5.19. The average molecular weight is 446 g/mol. The number of ether oxygens (including phenoxy) is 1. The quantitative estimate of drug-likeness (QED) is 0.387. The topological polar surface area (TPSA) is 81.2 Å². The zero-order chi connectivity index (χ0) is 22.7. The van der Waals surface area contributed by atoms with Crippen molar-refractivity contribution in [1.29, 1.82) is 0 Å². The molecule has 3 heterocycles. The van der Waals surface area contributed by atoms with Crippen molar-refractivity contribution < 1.29 is 14.3 Å². The molecule has 32 heavy (non-hydrogen) atoms. The number of carbonyl (C=O) groups is 2. The summed E-state index contributed by atoms with van der Waals surface area (Å²) in [5.74, 6) is -0.770. The minimum atomic E-state index is -0.467. The number of nitrogens with zero attached hydrogens (tertiary/aromatic N) is 2. The molecule has 162 valence electrons. The van der Waals surface area contributed by atoms with Crippen LogP contribution in [0.15, 0.2) is 54.9 Å². The van der Waals surface area contributed by atoms with Crippen LogP contribution < -0.4 is 5.32 Å². The van der Waals surface area contributed by atoms with Gasteiger partial charge in [-0.05, 0) is 43.2 Å². The Morgan fingerprint density at radius 3 is 2.69 bits per heavy atom. The number of anilines is 1. The number of aromatic nitrogens is 2. The van der Waals surface area contributed by atoms with Gasteiger partial charge in [0, 0.05) is 28.2 Å². The molecule has 4 rings (SSSR count). The van der Waals surface area contributed by atoms with Gasteiger partial charge in [-0.15, -0.1) is 11.3 Å². The molecule has 0 aliphatic carbocycles. The molecule has 0 saturated carbocycles. The SMILES string of the molecule is CCCc1cc(C(=O)OC)c(NC(=O)c2cc(-c3cccnc3)nc3c(C)cccc23)s1.